The largest absolute Gasteiger partial charge is 0.347 e. The van der Waals surface area contributed by atoms with E-state index < -0.39 is 0 Å². The van der Waals surface area contributed by atoms with Crippen LogP contribution in [0.3, 0.4) is 0 Å². The van der Waals surface area contributed by atoms with Crippen molar-refractivity contribution in [2.24, 2.45) is 0 Å². The first kappa shape index (κ1) is 8.62. The molecule has 1 aliphatic heterocycles. The minimum atomic E-state index is 0.755. The highest BCUT2D eigenvalue weighted by Crippen LogP contribution is 2.47. The van der Waals surface area contributed by atoms with Gasteiger partial charge in [0.1, 0.15) is 0 Å². The van der Waals surface area contributed by atoms with E-state index in [0.717, 1.165) is 5.31 Å². The number of rotatable bonds is 0. The van der Waals surface area contributed by atoms with Gasteiger partial charge in [-0.2, -0.15) is 0 Å². The Kier molecular flexibility index (Phi) is 2.45. The average molecular weight is 165 g/mol. The van der Waals surface area contributed by atoms with E-state index in [4.69, 9.17) is 0 Å². The Balaban J connectivity index is 1.97. The fourth-order valence-corrected chi connectivity index (χ4v) is 3.16. The van der Waals surface area contributed by atoms with E-state index in [1.165, 1.54) is 58.9 Å². The van der Waals surface area contributed by atoms with E-state index in [0.29, 0.717) is 0 Å². The van der Waals surface area contributed by atoms with Gasteiger partial charge in [0.2, 0.25) is 7.41 Å². The summed E-state index contributed by atoms with van der Waals surface area (Å²) in [6.07, 6.45) is 10.5. The van der Waals surface area contributed by atoms with Crippen LogP contribution in [-0.4, -0.2) is 25.8 Å². The maximum Gasteiger partial charge on any atom is 0.210 e. The van der Waals surface area contributed by atoms with Gasteiger partial charge < -0.3 is 4.81 Å². The summed E-state index contributed by atoms with van der Waals surface area (Å²) in [7, 11) is 3.67. The van der Waals surface area contributed by atoms with Crippen molar-refractivity contribution in [1.82, 2.24) is 4.81 Å². The van der Waals surface area contributed by atoms with Crippen molar-refractivity contribution >= 4 is 7.41 Å². The molecule has 1 heterocycles. The van der Waals surface area contributed by atoms with E-state index >= 15 is 0 Å². The molecule has 0 aromatic carbocycles. The molecule has 0 unspecified atom stereocenters. The van der Waals surface area contributed by atoms with E-state index in [1.54, 1.807) is 0 Å². The smallest absolute Gasteiger partial charge is 0.210 e. The molecule has 0 N–H and O–H groups in total. The van der Waals surface area contributed by atoms with Crippen LogP contribution in [0.5, 0.6) is 0 Å². The van der Waals surface area contributed by atoms with Crippen molar-refractivity contribution in [3.05, 3.63) is 0 Å². The molecule has 0 aromatic rings. The number of hydrogen-bond acceptors (Lipinski definition) is 1. The second kappa shape index (κ2) is 3.41. The van der Waals surface area contributed by atoms with Crippen LogP contribution in [0.1, 0.15) is 44.9 Å². The van der Waals surface area contributed by atoms with Crippen LogP contribution in [0, 0.1) is 0 Å². The Bertz CT molecular complexity index is 146. The predicted molar refractivity (Wildman–Crippen MR) is 54.8 cm³/mol. The summed E-state index contributed by atoms with van der Waals surface area (Å²) in [5.41, 5.74) is 0. The second-order valence-electron chi connectivity index (χ2n) is 4.90. The monoisotopic (exact) mass is 165 g/mol. The maximum absolute atomic E-state index is 2.54. The number of nitrogens with zero attached hydrogens (tertiary/aromatic N) is 1. The van der Waals surface area contributed by atoms with Gasteiger partial charge in [-0.25, -0.2) is 0 Å². The summed E-state index contributed by atoms with van der Waals surface area (Å²) in [6.45, 7) is 1.34. The molecule has 1 nitrogen and oxygen atoms in total. The topological polar surface area (TPSA) is 3.24 Å². The zero-order valence-electron chi connectivity index (χ0n) is 8.31. The van der Waals surface area contributed by atoms with Gasteiger partial charge in [0.25, 0.3) is 0 Å². The van der Waals surface area contributed by atoms with E-state index in [1.807, 2.05) is 0 Å². The third-order valence-corrected chi connectivity index (χ3v) is 3.77. The van der Waals surface area contributed by atoms with E-state index in [9.17, 15) is 0 Å². The van der Waals surface area contributed by atoms with Gasteiger partial charge in [-0.1, -0.05) is 38.5 Å². The molecule has 0 amide bonds. The van der Waals surface area contributed by atoms with Gasteiger partial charge in [0.05, 0.1) is 0 Å². The summed E-state index contributed by atoms with van der Waals surface area (Å²) >= 11 is 0. The first-order valence-corrected chi connectivity index (χ1v) is 5.49. The van der Waals surface area contributed by atoms with Crippen LogP contribution >= 0.6 is 0 Å². The molecule has 2 fully saturated rings. The highest BCUT2D eigenvalue weighted by molar-refractivity contribution is 6.37. The molecule has 0 radical (unpaired) electrons. The van der Waals surface area contributed by atoms with Gasteiger partial charge >= 0.3 is 0 Å². The van der Waals surface area contributed by atoms with E-state index in [-0.39, 0.29) is 0 Å². The third-order valence-electron chi connectivity index (χ3n) is 3.77. The molecule has 2 aliphatic rings. The molecule has 1 saturated carbocycles. The molecule has 0 aromatic heterocycles. The van der Waals surface area contributed by atoms with Gasteiger partial charge in [0, 0.05) is 0 Å². The second-order valence-corrected chi connectivity index (χ2v) is 4.90. The first-order valence-electron chi connectivity index (χ1n) is 5.49. The summed E-state index contributed by atoms with van der Waals surface area (Å²) in [5, 5.41) is 0.755. The summed E-state index contributed by atoms with van der Waals surface area (Å²) in [6, 6.07) is 0. The van der Waals surface area contributed by atoms with Gasteiger partial charge in [0.15, 0.2) is 0 Å². The minimum Gasteiger partial charge on any atom is -0.347 e. The SMILES string of the molecule is CN1BC2(CCCCC2)CCC1. The lowest BCUT2D eigenvalue weighted by Gasteiger charge is -2.43. The Morgan fingerprint density at radius 2 is 1.67 bits per heavy atom. The molecule has 0 atom stereocenters. The lowest BCUT2D eigenvalue weighted by Crippen LogP contribution is -2.40. The standard InChI is InChI=1S/C10H20BN/c1-12-9-5-8-10(11-12)6-3-2-4-7-10/h11H,2-9H2,1H3. The van der Waals surface area contributed by atoms with Crippen molar-refractivity contribution in [2.75, 3.05) is 13.6 Å². The van der Waals surface area contributed by atoms with Crippen LogP contribution in [0.15, 0.2) is 0 Å². The van der Waals surface area contributed by atoms with Crippen LogP contribution in [-0.2, 0) is 0 Å². The Hall–Kier alpha value is 0.0249. The zero-order valence-corrected chi connectivity index (χ0v) is 8.31. The highest BCUT2D eigenvalue weighted by Gasteiger charge is 2.36. The molecule has 1 saturated heterocycles. The molecular formula is C10H20BN. The van der Waals surface area contributed by atoms with Crippen molar-refractivity contribution in [2.45, 2.75) is 50.3 Å². The molecule has 1 spiro atoms. The van der Waals surface area contributed by atoms with Crippen LogP contribution in [0.2, 0.25) is 5.31 Å². The minimum absolute atomic E-state index is 0.755. The first-order chi connectivity index (χ1) is 5.81. The molecule has 2 heteroatoms. The highest BCUT2D eigenvalue weighted by atomic mass is 15.0. The quantitative estimate of drug-likeness (QED) is 0.497. The summed E-state index contributed by atoms with van der Waals surface area (Å²) in [5.74, 6) is 0. The van der Waals surface area contributed by atoms with Gasteiger partial charge in [-0.15, -0.1) is 0 Å². The molecule has 2 rings (SSSR count). The Labute approximate surface area is 76.8 Å². The summed E-state index contributed by atoms with van der Waals surface area (Å²) in [4.78, 5) is 2.54. The predicted octanol–water partition coefficient (Wildman–Crippen LogP) is 2.19. The van der Waals surface area contributed by atoms with Gasteiger partial charge in [-0.3, -0.25) is 0 Å². The summed E-state index contributed by atoms with van der Waals surface area (Å²) < 4.78 is 0. The normalized spacial score (nSPS) is 30.1. The Morgan fingerprint density at radius 1 is 1.00 bits per heavy atom. The van der Waals surface area contributed by atoms with Crippen molar-refractivity contribution in [1.29, 1.82) is 0 Å². The van der Waals surface area contributed by atoms with Crippen molar-refractivity contribution in [3.8, 4) is 0 Å². The molecular weight excluding hydrogens is 145 g/mol. The zero-order chi connectivity index (χ0) is 8.44. The Morgan fingerprint density at radius 3 is 2.33 bits per heavy atom. The molecule has 12 heavy (non-hydrogen) atoms. The fourth-order valence-electron chi connectivity index (χ4n) is 3.16. The lowest BCUT2D eigenvalue weighted by molar-refractivity contribution is 0.292. The molecule has 1 aliphatic carbocycles. The van der Waals surface area contributed by atoms with Crippen molar-refractivity contribution in [3.63, 3.8) is 0 Å². The van der Waals surface area contributed by atoms with Crippen molar-refractivity contribution < 1.29 is 0 Å². The van der Waals surface area contributed by atoms with Crippen LogP contribution in [0.25, 0.3) is 0 Å². The fraction of sp³-hybridized carbons (Fsp3) is 1.00. The van der Waals surface area contributed by atoms with Crippen LogP contribution < -0.4 is 0 Å². The third kappa shape index (κ3) is 1.68. The molecule has 68 valence electrons. The molecule has 0 bridgehead atoms. The lowest BCUT2D eigenvalue weighted by atomic mass is 9.49. The average Bonchev–Trinajstić information content (AvgIpc) is 2.05. The van der Waals surface area contributed by atoms with E-state index in [2.05, 4.69) is 11.9 Å². The van der Waals surface area contributed by atoms with Crippen LogP contribution in [0.4, 0.5) is 0 Å². The maximum atomic E-state index is 2.54. The number of hydrogen-bond donors (Lipinski definition) is 0. The van der Waals surface area contributed by atoms with Gasteiger partial charge in [-0.05, 0) is 25.3 Å².